The monoisotopic (exact) mass is 340 g/mol. The Morgan fingerprint density at radius 2 is 2.09 bits per heavy atom. The molecule has 0 spiro atoms. The van der Waals surface area contributed by atoms with E-state index >= 15 is 0 Å². The predicted octanol–water partition coefficient (Wildman–Crippen LogP) is 3.19. The summed E-state index contributed by atoms with van der Waals surface area (Å²) in [6.45, 7) is 2.01. The van der Waals surface area contributed by atoms with Gasteiger partial charge < -0.3 is 14.6 Å². The number of ether oxygens (including phenoxy) is 1. The third kappa shape index (κ3) is 4.02. The minimum atomic E-state index is -0.389. The summed E-state index contributed by atoms with van der Waals surface area (Å²) in [4.78, 5) is 24.1. The van der Waals surface area contributed by atoms with Crippen LogP contribution >= 0.6 is 23.2 Å². The fourth-order valence-corrected chi connectivity index (χ4v) is 2.18. The Morgan fingerprint density at radius 3 is 2.82 bits per heavy atom. The molecule has 7 heteroatoms. The van der Waals surface area contributed by atoms with E-state index in [1.165, 1.54) is 10.8 Å². The highest BCUT2D eigenvalue weighted by Gasteiger charge is 2.10. The molecule has 2 aromatic rings. The molecule has 2 rings (SSSR count). The Balaban J connectivity index is 2.14. The van der Waals surface area contributed by atoms with Crippen LogP contribution in [0.15, 0.2) is 41.3 Å². The van der Waals surface area contributed by atoms with Gasteiger partial charge in [-0.15, -0.1) is 0 Å². The van der Waals surface area contributed by atoms with Gasteiger partial charge in [0.15, 0.2) is 5.75 Å². The van der Waals surface area contributed by atoms with Crippen LogP contribution < -0.4 is 15.6 Å². The lowest BCUT2D eigenvalue weighted by molar-refractivity contribution is -0.116. The van der Waals surface area contributed by atoms with Gasteiger partial charge >= 0.3 is 0 Å². The maximum atomic E-state index is 12.1. The smallest absolute Gasteiger partial charge is 0.293 e. The predicted molar refractivity (Wildman–Crippen MR) is 87.0 cm³/mol. The molecule has 22 heavy (non-hydrogen) atoms. The molecule has 1 aromatic heterocycles. The summed E-state index contributed by atoms with van der Waals surface area (Å²) >= 11 is 11.8. The molecule has 1 aromatic carbocycles. The Labute approximate surface area is 137 Å². The average molecular weight is 341 g/mol. The Morgan fingerprint density at radius 1 is 1.32 bits per heavy atom. The van der Waals surface area contributed by atoms with Gasteiger partial charge in [0.25, 0.3) is 5.56 Å². The molecule has 0 saturated heterocycles. The van der Waals surface area contributed by atoms with Crippen LogP contribution in [0.1, 0.15) is 6.92 Å². The number of anilines is 1. The van der Waals surface area contributed by atoms with Crippen LogP contribution in [0.25, 0.3) is 0 Å². The maximum absolute atomic E-state index is 12.1. The number of benzene rings is 1. The van der Waals surface area contributed by atoms with Crippen LogP contribution in [-0.2, 0) is 11.3 Å². The van der Waals surface area contributed by atoms with Crippen molar-refractivity contribution in [3.05, 3.63) is 56.9 Å². The van der Waals surface area contributed by atoms with Crippen LogP contribution in [0.2, 0.25) is 10.0 Å². The second kappa shape index (κ2) is 7.33. The lowest BCUT2D eigenvalue weighted by atomic mass is 10.3. The molecule has 5 nitrogen and oxygen atoms in total. The van der Waals surface area contributed by atoms with Crippen LogP contribution in [0.4, 0.5) is 5.69 Å². The highest BCUT2D eigenvalue weighted by atomic mass is 35.5. The van der Waals surface area contributed by atoms with Gasteiger partial charge in [-0.1, -0.05) is 23.2 Å². The van der Waals surface area contributed by atoms with Crippen LogP contribution in [0.5, 0.6) is 5.75 Å². The van der Waals surface area contributed by atoms with E-state index in [1.807, 2.05) is 0 Å². The van der Waals surface area contributed by atoms with Crippen molar-refractivity contribution in [3.8, 4) is 5.75 Å². The molecule has 0 aliphatic carbocycles. The number of carbonyl (C=O) groups is 1. The van der Waals surface area contributed by atoms with Crippen molar-refractivity contribution in [3.63, 3.8) is 0 Å². The molecule has 0 radical (unpaired) electrons. The fourth-order valence-electron chi connectivity index (χ4n) is 1.84. The zero-order valence-corrected chi connectivity index (χ0v) is 13.3. The van der Waals surface area contributed by atoms with E-state index in [4.69, 9.17) is 27.9 Å². The lowest BCUT2D eigenvalue weighted by Gasteiger charge is -2.10. The van der Waals surface area contributed by atoms with Gasteiger partial charge in [-0.2, -0.15) is 0 Å². The van der Waals surface area contributed by atoms with E-state index in [1.54, 1.807) is 37.3 Å². The first-order valence-corrected chi connectivity index (χ1v) is 7.34. The largest absolute Gasteiger partial charge is 0.488 e. The van der Waals surface area contributed by atoms with E-state index < -0.39 is 0 Å². The van der Waals surface area contributed by atoms with Gasteiger partial charge in [-0.25, -0.2) is 0 Å². The van der Waals surface area contributed by atoms with E-state index in [9.17, 15) is 9.59 Å². The van der Waals surface area contributed by atoms with Gasteiger partial charge in [-0.3, -0.25) is 9.59 Å². The zero-order valence-electron chi connectivity index (χ0n) is 11.8. The molecular weight excluding hydrogens is 327 g/mol. The molecule has 116 valence electrons. The summed E-state index contributed by atoms with van der Waals surface area (Å²) in [5, 5.41) is 3.44. The maximum Gasteiger partial charge on any atom is 0.293 e. The number of nitrogens with one attached hydrogen (secondary N) is 1. The minimum Gasteiger partial charge on any atom is -0.488 e. The molecule has 0 saturated carbocycles. The van der Waals surface area contributed by atoms with Crippen LogP contribution in [0.3, 0.4) is 0 Å². The third-order valence-corrected chi connectivity index (χ3v) is 3.37. The average Bonchev–Trinajstić information content (AvgIpc) is 2.47. The van der Waals surface area contributed by atoms with E-state index in [-0.39, 0.29) is 23.8 Å². The van der Waals surface area contributed by atoms with Gasteiger partial charge in [0.05, 0.1) is 17.3 Å². The number of nitrogens with zero attached hydrogens (tertiary/aromatic N) is 1. The summed E-state index contributed by atoms with van der Waals surface area (Å²) in [5.41, 5.74) is 0.0323. The van der Waals surface area contributed by atoms with Crippen molar-refractivity contribution < 1.29 is 9.53 Å². The second-order valence-electron chi connectivity index (χ2n) is 4.41. The first-order valence-electron chi connectivity index (χ1n) is 6.58. The molecular formula is C15H14Cl2N2O3. The number of amides is 1. The Hall–Kier alpha value is -1.98. The van der Waals surface area contributed by atoms with Crippen molar-refractivity contribution in [2.45, 2.75) is 13.5 Å². The molecule has 0 fully saturated rings. The lowest BCUT2D eigenvalue weighted by Crippen LogP contribution is -2.28. The van der Waals surface area contributed by atoms with Crippen molar-refractivity contribution >= 4 is 34.8 Å². The number of halogens is 2. The summed E-state index contributed by atoms with van der Waals surface area (Å²) in [7, 11) is 0. The summed E-state index contributed by atoms with van der Waals surface area (Å²) in [5.74, 6) is -0.182. The Bertz CT molecular complexity index is 744. The van der Waals surface area contributed by atoms with Crippen molar-refractivity contribution in [2.75, 3.05) is 11.9 Å². The molecule has 0 aliphatic heterocycles. The third-order valence-electron chi connectivity index (χ3n) is 2.80. The van der Waals surface area contributed by atoms with E-state index in [2.05, 4.69) is 5.32 Å². The summed E-state index contributed by atoms with van der Waals surface area (Å²) in [6, 6.07) is 7.96. The van der Waals surface area contributed by atoms with E-state index in [0.717, 1.165) is 0 Å². The van der Waals surface area contributed by atoms with Crippen molar-refractivity contribution in [1.82, 2.24) is 4.57 Å². The van der Waals surface area contributed by atoms with Crippen molar-refractivity contribution in [1.29, 1.82) is 0 Å². The highest BCUT2D eigenvalue weighted by Crippen LogP contribution is 2.25. The molecule has 0 unspecified atom stereocenters. The SMILES string of the molecule is CCOc1cccn(CC(=O)Nc2cc(Cl)ccc2Cl)c1=O. The summed E-state index contributed by atoms with van der Waals surface area (Å²) < 4.78 is 6.47. The molecule has 0 atom stereocenters. The minimum absolute atomic E-state index is 0.150. The number of hydrogen-bond donors (Lipinski definition) is 1. The van der Waals surface area contributed by atoms with Crippen LogP contribution in [0, 0.1) is 0 Å². The topological polar surface area (TPSA) is 60.3 Å². The first-order chi connectivity index (χ1) is 10.5. The standard InChI is InChI=1S/C15H14Cl2N2O3/c1-2-22-13-4-3-7-19(15(13)21)9-14(20)18-12-8-10(16)5-6-11(12)17/h3-8H,2,9H2,1H3,(H,18,20). The summed E-state index contributed by atoms with van der Waals surface area (Å²) in [6.07, 6.45) is 1.52. The van der Waals surface area contributed by atoms with Gasteiger partial charge in [0, 0.05) is 11.2 Å². The molecule has 1 heterocycles. The van der Waals surface area contributed by atoms with Crippen LogP contribution in [-0.4, -0.2) is 17.1 Å². The quantitative estimate of drug-likeness (QED) is 0.909. The second-order valence-corrected chi connectivity index (χ2v) is 5.25. The normalized spacial score (nSPS) is 10.3. The first kappa shape index (κ1) is 16.4. The van der Waals surface area contributed by atoms with Gasteiger partial charge in [0.1, 0.15) is 6.54 Å². The van der Waals surface area contributed by atoms with Gasteiger partial charge in [-0.05, 0) is 37.3 Å². The molecule has 0 bridgehead atoms. The molecule has 1 amide bonds. The number of carbonyl (C=O) groups excluding carboxylic acids is 1. The fraction of sp³-hybridized carbons (Fsp3) is 0.200. The molecule has 0 aliphatic rings. The van der Waals surface area contributed by atoms with Gasteiger partial charge in [0.2, 0.25) is 5.91 Å². The Kier molecular flexibility index (Phi) is 5.46. The zero-order chi connectivity index (χ0) is 16.1. The number of pyridine rings is 1. The number of aromatic nitrogens is 1. The number of rotatable bonds is 5. The molecule has 1 N–H and O–H groups in total. The highest BCUT2D eigenvalue weighted by molar-refractivity contribution is 6.35. The van der Waals surface area contributed by atoms with E-state index in [0.29, 0.717) is 22.3 Å². The number of hydrogen-bond acceptors (Lipinski definition) is 3. The van der Waals surface area contributed by atoms with Crippen molar-refractivity contribution in [2.24, 2.45) is 0 Å².